The monoisotopic (exact) mass is 480 g/mol. The summed E-state index contributed by atoms with van der Waals surface area (Å²) in [5.74, 6) is -0.0888. The van der Waals surface area contributed by atoms with E-state index in [0.29, 0.717) is 16.9 Å². The molecule has 33 heavy (non-hydrogen) atoms. The molecule has 4 rings (SSSR count). The quantitative estimate of drug-likeness (QED) is 0.451. The smallest absolute Gasteiger partial charge is 0.353 e. The molecule has 0 radical (unpaired) electrons. The molecule has 2 aliphatic carbocycles. The Morgan fingerprint density at radius 1 is 1.06 bits per heavy atom. The maximum absolute atomic E-state index is 13.0. The number of carbonyl (C=O) groups excluding carboxylic acids is 2. The SMILES string of the molecule is CN1C(=O)/C(=C/c2ccc(C(F)(F)F)cc2)SC2CCC(C(=O)NC3CCCCCC3)CC21. The number of hydrogen-bond acceptors (Lipinski definition) is 3. The zero-order valence-corrected chi connectivity index (χ0v) is 19.7. The molecule has 1 aromatic rings. The van der Waals surface area contributed by atoms with Crippen LogP contribution in [0.25, 0.3) is 6.08 Å². The number of carbonyl (C=O) groups is 2. The molecule has 1 N–H and O–H groups in total. The lowest BCUT2D eigenvalue weighted by Gasteiger charge is -2.44. The zero-order chi connectivity index (χ0) is 23.6. The number of hydrogen-bond donors (Lipinski definition) is 1. The van der Waals surface area contributed by atoms with E-state index >= 15 is 0 Å². The Labute approximate surface area is 197 Å². The Bertz CT molecular complexity index is 892. The average molecular weight is 481 g/mol. The van der Waals surface area contributed by atoms with Crippen LogP contribution >= 0.6 is 11.8 Å². The zero-order valence-electron chi connectivity index (χ0n) is 18.9. The van der Waals surface area contributed by atoms with Crippen LogP contribution in [0.2, 0.25) is 0 Å². The Kier molecular flexibility index (Phi) is 7.41. The van der Waals surface area contributed by atoms with Crippen molar-refractivity contribution in [2.45, 2.75) is 81.3 Å². The number of benzene rings is 1. The summed E-state index contributed by atoms with van der Waals surface area (Å²) in [6.45, 7) is 0. The molecule has 1 aliphatic heterocycles. The minimum Gasteiger partial charge on any atom is -0.353 e. The first-order chi connectivity index (χ1) is 15.7. The topological polar surface area (TPSA) is 49.4 Å². The van der Waals surface area contributed by atoms with Gasteiger partial charge in [0.05, 0.1) is 10.5 Å². The van der Waals surface area contributed by atoms with Gasteiger partial charge < -0.3 is 10.2 Å². The van der Waals surface area contributed by atoms with Gasteiger partial charge in [-0.3, -0.25) is 9.59 Å². The molecule has 3 aliphatic rings. The van der Waals surface area contributed by atoms with Crippen LogP contribution in [-0.2, 0) is 15.8 Å². The lowest BCUT2D eigenvalue weighted by atomic mass is 9.83. The van der Waals surface area contributed by atoms with Gasteiger partial charge in [0.15, 0.2) is 0 Å². The minimum atomic E-state index is -4.38. The fourth-order valence-electron chi connectivity index (χ4n) is 5.20. The number of amides is 2. The molecular weight excluding hydrogens is 449 g/mol. The molecule has 1 saturated heterocycles. The average Bonchev–Trinajstić information content (AvgIpc) is 3.05. The molecule has 0 bridgehead atoms. The van der Waals surface area contributed by atoms with Crippen molar-refractivity contribution >= 4 is 29.7 Å². The van der Waals surface area contributed by atoms with Crippen molar-refractivity contribution in [3.8, 4) is 0 Å². The van der Waals surface area contributed by atoms with Gasteiger partial charge in [-0.25, -0.2) is 0 Å². The Morgan fingerprint density at radius 3 is 2.36 bits per heavy atom. The summed E-state index contributed by atoms with van der Waals surface area (Å²) < 4.78 is 38.4. The molecule has 0 aromatic heterocycles. The molecule has 0 spiro atoms. The molecule has 3 fully saturated rings. The number of likely N-dealkylation sites (N-methyl/N-ethyl adjacent to an activating group) is 1. The predicted molar refractivity (Wildman–Crippen MR) is 124 cm³/mol. The number of thioether (sulfide) groups is 1. The van der Waals surface area contributed by atoms with E-state index in [1.54, 1.807) is 18.0 Å². The Hall–Kier alpha value is -1.96. The van der Waals surface area contributed by atoms with Gasteiger partial charge in [-0.15, -0.1) is 11.8 Å². The maximum atomic E-state index is 13.0. The molecule has 1 aromatic carbocycles. The summed E-state index contributed by atoms with van der Waals surface area (Å²) in [5, 5.41) is 3.46. The standard InChI is InChI=1S/C25H31F3N2O2S/c1-30-20-15-17(23(31)29-19-6-4-2-3-5-7-19)10-13-21(20)33-22(24(30)32)14-16-8-11-18(12-9-16)25(26,27)28/h8-9,11-12,14,17,19-21H,2-7,10,13,15H2,1H3,(H,29,31)/b22-14-. The van der Waals surface area contributed by atoms with E-state index < -0.39 is 11.7 Å². The molecular formula is C25H31F3N2O2S. The van der Waals surface area contributed by atoms with Crippen LogP contribution in [0.15, 0.2) is 29.2 Å². The first-order valence-electron chi connectivity index (χ1n) is 11.9. The van der Waals surface area contributed by atoms with Gasteiger partial charge >= 0.3 is 6.18 Å². The van der Waals surface area contributed by atoms with Crippen LogP contribution in [-0.4, -0.2) is 41.1 Å². The summed E-state index contributed by atoms with van der Waals surface area (Å²) in [5.41, 5.74) is -0.132. The highest BCUT2D eigenvalue weighted by Crippen LogP contribution is 2.43. The molecule has 4 nitrogen and oxygen atoms in total. The van der Waals surface area contributed by atoms with Crippen molar-refractivity contribution in [1.29, 1.82) is 0 Å². The molecule has 2 saturated carbocycles. The predicted octanol–water partition coefficient (Wildman–Crippen LogP) is 5.63. The minimum absolute atomic E-state index is 0.00844. The van der Waals surface area contributed by atoms with Gasteiger partial charge in [-0.2, -0.15) is 13.2 Å². The van der Waals surface area contributed by atoms with E-state index in [1.165, 1.54) is 49.6 Å². The molecule has 2 amide bonds. The fourth-order valence-corrected chi connectivity index (χ4v) is 6.68. The van der Waals surface area contributed by atoms with Gasteiger partial charge in [0.2, 0.25) is 5.91 Å². The number of nitrogens with zero attached hydrogens (tertiary/aromatic N) is 1. The number of fused-ring (bicyclic) bond motifs is 1. The number of alkyl halides is 3. The van der Waals surface area contributed by atoms with Gasteiger partial charge in [-0.05, 0) is 55.9 Å². The van der Waals surface area contributed by atoms with E-state index in [9.17, 15) is 22.8 Å². The van der Waals surface area contributed by atoms with Crippen LogP contribution < -0.4 is 5.32 Å². The highest BCUT2D eigenvalue weighted by atomic mass is 32.2. The van der Waals surface area contributed by atoms with E-state index in [0.717, 1.165) is 37.8 Å². The van der Waals surface area contributed by atoms with E-state index in [1.807, 2.05) is 0 Å². The van der Waals surface area contributed by atoms with Crippen molar-refractivity contribution < 1.29 is 22.8 Å². The summed E-state index contributed by atoms with van der Waals surface area (Å²) in [6.07, 6.45) is 6.50. The van der Waals surface area contributed by atoms with Gasteiger partial charge in [-0.1, -0.05) is 37.8 Å². The Balaban J connectivity index is 1.39. The van der Waals surface area contributed by atoms with Crippen molar-refractivity contribution in [3.63, 3.8) is 0 Å². The van der Waals surface area contributed by atoms with Crippen molar-refractivity contribution in [2.75, 3.05) is 7.05 Å². The number of halogens is 3. The second kappa shape index (κ2) is 10.1. The fraction of sp³-hybridized carbons (Fsp3) is 0.600. The Morgan fingerprint density at radius 2 is 1.73 bits per heavy atom. The summed E-state index contributed by atoms with van der Waals surface area (Å²) in [4.78, 5) is 28.2. The third kappa shape index (κ3) is 5.76. The molecule has 8 heteroatoms. The lowest BCUT2D eigenvalue weighted by molar-refractivity contribution is -0.137. The van der Waals surface area contributed by atoms with Gasteiger partial charge in [0.1, 0.15) is 0 Å². The summed E-state index contributed by atoms with van der Waals surface area (Å²) in [7, 11) is 1.77. The van der Waals surface area contributed by atoms with E-state index in [-0.39, 0.29) is 35.1 Å². The molecule has 1 heterocycles. The van der Waals surface area contributed by atoms with Crippen molar-refractivity contribution in [1.82, 2.24) is 10.2 Å². The first kappa shape index (κ1) is 24.2. The van der Waals surface area contributed by atoms with E-state index in [2.05, 4.69) is 5.32 Å². The van der Waals surface area contributed by atoms with Crippen LogP contribution in [0.4, 0.5) is 13.2 Å². The third-order valence-electron chi connectivity index (χ3n) is 7.17. The molecule has 3 unspecified atom stereocenters. The first-order valence-corrected chi connectivity index (χ1v) is 12.7. The number of nitrogens with one attached hydrogen (secondary N) is 1. The van der Waals surface area contributed by atoms with E-state index in [4.69, 9.17) is 0 Å². The van der Waals surface area contributed by atoms with Crippen LogP contribution in [0.3, 0.4) is 0 Å². The summed E-state index contributed by atoms with van der Waals surface area (Å²) >= 11 is 1.50. The van der Waals surface area contributed by atoms with Gasteiger partial charge in [0, 0.05) is 30.3 Å². The van der Waals surface area contributed by atoms with Crippen LogP contribution in [0, 0.1) is 5.92 Å². The molecule has 3 atom stereocenters. The second-order valence-electron chi connectivity index (χ2n) is 9.48. The number of rotatable bonds is 3. The van der Waals surface area contributed by atoms with Crippen LogP contribution in [0.1, 0.15) is 68.9 Å². The van der Waals surface area contributed by atoms with Gasteiger partial charge in [0.25, 0.3) is 5.91 Å². The highest BCUT2D eigenvalue weighted by molar-refractivity contribution is 8.04. The molecule has 180 valence electrons. The van der Waals surface area contributed by atoms with Crippen molar-refractivity contribution in [2.24, 2.45) is 5.92 Å². The third-order valence-corrected chi connectivity index (χ3v) is 8.57. The van der Waals surface area contributed by atoms with Crippen molar-refractivity contribution in [3.05, 3.63) is 40.3 Å². The largest absolute Gasteiger partial charge is 0.416 e. The lowest BCUT2D eigenvalue weighted by Crippen LogP contribution is -2.53. The van der Waals surface area contributed by atoms with Crippen LogP contribution in [0.5, 0.6) is 0 Å². The normalized spacial score (nSPS) is 28.4. The maximum Gasteiger partial charge on any atom is 0.416 e. The highest BCUT2D eigenvalue weighted by Gasteiger charge is 2.43. The summed E-state index contributed by atoms with van der Waals surface area (Å²) in [6, 6.07) is 5.13. The second-order valence-corrected chi connectivity index (χ2v) is 10.8.